The van der Waals surface area contributed by atoms with E-state index >= 15 is 0 Å². The number of rotatable bonds is 2. The third kappa shape index (κ3) is 7.23. The molecule has 2 amide bonds. The summed E-state index contributed by atoms with van der Waals surface area (Å²) >= 11 is 0. The lowest BCUT2D eigenvalue weighted by atomic mass is 9.89. The van der Waals surface area contributed by atoms with Crippen LogP contribution in [0.25, 0.3) is 0 Å². The van der Waals surface area contributed by atoms with Crippen molar-refractivity contribution < 1.29 is 9.59 Å². The fraction of sp³-hybridized carbons (Fsp3) is 0.900. The summed E-state index contributed by atoms with van der Waals surface area (Å²) in [4.78, 5) is 22.8. The van der Waals surface area contributed by atoms with Crippen LogP contribution in [-0.2, 0) is 9.59 Å². The molecule has 0 aromatic rings. The van der Waals surface area contributed by atoms with Crippen LogP contribution < -0.4 is 10.6 Å². The molecule has 0 aromatic carbocycles. The molecule has 0 unspecified atom stereocenters. The van der Waals surface area contributed by atoms with Gasteiger partial charge in [0.1, 0.15) is 0 Å². The highest BCUT2D eigenvalue weighted by Crippen LogP contribution is 2.22. The van der Waals surface area contributed by atoms with Gasteiger partial charge in [0, 0.05) is 24.9 Å². The van der Waals surface area contributed by atoms with Crippen molar-refractivity contribution in [3.8, 4) is 0 Å². The van der Waals surface area contributed by atoms with Gasteiger partial charge in [-0.05, 0) is 49.4 Å². The summed E-state index contributed by atoms with van der Waals surface area (Å²) in [6.45, 7) is 13.8. The van der Waals surface area contributed by atoms with E-state index in [0.29, 0.717) is 36.1 Å². The van der Waals surface area contributed by atoms with E-state index in [2.05, 4.69) is 52.2 Å². The Kier molecular flexibility index (Phi) is 8.79. The molecule has 140 valence electrons. The second-order valence-electron chi connectivity index (χ2n) is 8.58. The van der Waals surface area contributed by atoms with Gasteiger partial charge in [0.2, 0.25) is 11.8 Å². The Labute approximate surface area is 148 Å². The van der Waals surface area contributed by atoms with Crippen LogP contribution >= 0.6 is 0 Å². The van der Waals surface area contributed by atoms with Gasteiger partial charge in [-0.15, -0.1) is 0 Å². The minimum Gasteiger partial charge on any atom is -0.356 e. The van der Waals surface area contributed by atoms with Crippen LogP contribution in [0.4, 0.5) is 0 Å². The van der Waals surface area contributed by atoms with E-state index in [1.165, 1.54) is 12.8 Å². The van der Waals surface area contributed by atoms with Crippen molar-refractivity contribution in [3.05, 3.63) is 0 Å². The van der Waals surface area contributed by atoms with Crippen molar-refractivity contribution in [1.29, 1.82) is 0 Å². The molecular weight excluding hydrogens is 300 g/mol. The molecule has 4 nitrogen and oxygen atoms in total. The van der Waals surface area contributed by atoms with Crippen LogP contribution in [0.3, 0.4) is 0 Å². The van der Waals surface area contributed by atoms with Crippen LogP contribution in [0, 0.1) is 29.6 Å². The summed E-state index contributed by atoms with van der Waals surface area (Å²) in [5, 5.41) is 6.06. The van der Waals surface area contributed by atoms with E-state index in [9.17, 15) is 9.59 Å². The van der Waals surface area contributed by atoms with Crippen molar-refractivity contribution in [3.63, 3.8) is 0 Å². The third-order valence-corrected chi connectivity index (χ3v) is 5.39. The molecule has 2 aliphatic heterocycles. The van der Waals surface area contributed by atoms with E-state index in [0.717, 1.165) is 19.4 Å². The fourth-order valence-corrected chi connectivity index (χ4v) is 3.46. The van der Waals surface area contributed by atoms with Crippen LogP contribution in [0.5, 0.6) is 0 Å². The van der Waals surface area contributed by atoms with E-state index < -0.39 is 0 Å². The fourth-order valence-electron chi connectivity index (χ4n) is 3.46. The molecule has 2 fully saturated rings. The second kappa shape index (κ2) is 10.0. The van der Waals surface area contributed by atoms with Crippen LogP contribution in [0.1, 0.15) is 73.6 Å². The highest BCUT2D eigenvalue weighted by molar-refractivity contribution is 5.79. The summed E-state index contributed by atoms with van der Waals surface area (Å²) in [5.41, 5.74) is 0. The Bertz CT molecular complexity index is 406. The quantitative estimate of drug-likeness (QED) is 0.805. The average molecular weight is 339 g/mol. The monoisotopic (exact) mass is 338 g/mol. The van der Waals surface area contributed by atoms with Gasteiger partial charge < -0.3 is 10.6 Å². The van der Waals surface area contributed by atoms with Gasteiger partial charge in [0.05, 0.1) is 0 Å². The zero-order valence-corrected chi connectivity index (χ0v) is 16.5. The number of amides is 2. The molecule has 4 atom stereocenters. The lowest BCUT2D eigenvalue weighted by Gasteiger charge is -2.19. The molecule has 0 radical (unpaired) electrons. The van der Waals surface area contributed by atoms with E-state index in [1.807, 2.05) is 0 Å². The zero-order chi connectivity index (χ0) is 18.3. The zero-order valence-electron chi connectivity index (χ0n) is 16.5. The second-order valence-corrected chi connectivity index (χ2v) is 8.58. The predicted molar refractivity (Wildman–Crippen MR) is 99.5 cm³/mol. The number of hydrogen-bond donors (Lipinski definition) is 2. The summed E-state index contributed by atoms with van der Waals surface area (Å²) < 4.78 is 0. The summed E-state index contributed by atoms with van der Waals surface area (Å²) in [6, 6.07) is 0.405. The third-order valence-electron chi connectivity index (χ3n) is 5.39. The lowest BCUT2D eigenvalue weighted by molar-refractivity contribution is -0.126. The van der Waals surface area contributed by atoms with Gasteiger partial charge in [-0.1, -0.05) is 41.5 Å². The van der Waals surface area contributed by atoms with Crippen molar-refractivity contribution >= 4 is 11.8 Å². The molecule has 0 aliphatic carbocycles. The molecule has 0 spiro atoms. The first kappa shape index (κ1) is 21.0. The number of nitrogens with one attached hydrogen (secondary N) is 2. The molecule has 4 heteroatoms. The maximum absolute atomic E-state index is 11.5. The van der Waals surface area contributed by atoms with Crippen LogP contribution in [-0.4, -0.2) is 24.4 Å². The summed E-state index contributed by atoms with van der Waals surface area (Å²) in [5.74, 6) is 3.00. The number of hydrogen-bond acceptors (Lipinski definition) is 2. The molecule has 0 bridgehead atoms. The van der Waals surface area contributed by atoms with Crippen LogP contribution in [0.2, 0.25) is 0 Å². The van der Waals surface area contributed by atoms with Gasteiger partial charge >= 0.3 is 0 Å². The highest BCUT2D eigenvalue weighted by atomic mass is 16.2. The van der Waals surface area contributed by atoms with Crippen molar-refractivity contribution in [1.82, 2.24) is 10.6 Å². The first-order chi connectivity index (χ1) is 11.2. The Balaban J connectivity index is 0.000000240. The minimum atomic E-state index is 0.235. The van der Waals surface area contributed by atoms with E-state index in [-0.39, 0.29) is 17.7 Å². The average Bonchev–Trinajstić information content (AvgIpc) is 2.76. The maximum atomic E-state index is 11.5. The molecule has 0 aromatic heterocycles. The van der Waals surface area contributed by atoms with Crippen molar-refractivity contribution in [2.45, 2.75) is 79.7 Å². The number of carbonyl (C=O) groups excluding carboxylic acids is 2. The smallest absolute Gasteiger partial charge is 0.223 e. The maximum Gasteiger partial charge on any atom is 0.223 e. The molecule has 2 N–H and O–H groups in total. The molecule has 2 aliphatic rings. The van der Waals surface area contributed by atoms with Gasteiger partial charge in [-0.3, -0.25) is 9.59 Å². The first-order valence-corrected chi connectivity index (χ1v) is 9.77. The lowest BCUT2D eigenvalue weighted by Crippen LogP contribution is -2.36. The largest absolute Gasteiger partial charge is 0.356 e. The molecule has 2 saturated heterocycles. The normalized spacial score (nSPS) is 31.5. The standard InChI is InChI=1S/2C10H19NO/c1-7(2)9-5-4-8(3)6-11-10(9)12;1-7(2)9-5-4-8(3)6-10(12)11-9/h2*7-9H,4-6H2,1-3H3,(H,11,12)/t2*8-,9+/m11/s1. The molecule has 0 saturated carbocycles. The van der Waals surface area contributed by atoms with E-state index in [1.54, 1.807) is 0 Å². The number of carbonyl (C=O) groups is 2. The van der Waals surface area contributed by atoms with Gasteiger partial charge in [-0.25, -0.2) is 0 Å². The molecule has 2 heterocycles. The van der Waals surface area contributed by atoms with Gasteiger partial charge in [0.25, 0.3) is 0 Å². The Morgan fingerprint density at radius 3 is 2.08 bits per heavy atom. The Morgan fingerprint density at radius 1 is 0.875 bits per heavy atom. The topological polar surface area (TPSA) is 58.2 Å². The summed E-state index contributed by atoms with van der Waals surface area (Å²) in [6.07, 6.45) is 5.28. The molecule has 24 heavy (non-hydrogen) atoms. The minimum absolute atomic E-state index is 0.235. The molecular formula is C20H38N2O2. The summed E-state index contributed by atoms with van der Waals surface area (Å²) in [7, 11) is 0. The SMILES string of the molecule is CC(C)[C@@H]1CC[C@@H](C)CC(=O)N1.CC(C)[C@@H]1CC[C@@H](C)CNC1=O. The van der Waals surface area contributed by atoms with Gasteiger partial charge in [0.15, 0.2) is 0 Å². The Hall–Kier alpha value is -1.06. The van der Waals surface area contributed by atoms with Crippen molar-refractivity contribution in [2.75, 3.05) is 6.54 Å². The molecule has 2 rings (SSSR count). The van der Waals surface area contributed by atoms with Crippen LogP contribution in [0.15, 0.2) is 0 Å². The van der Waals surface area contributed by atoms with Gasteiger partial charge in [-0.2, -0.15) is 0 Å². The first-order valence-electron chi connectivity index (χ1n) is 9.77. The predicted octanol–water partition coefficient (Wildman–Crippen LogP) is 3.75. The Morgan fingerprint density at radius 2 is 1.50 bits per heavy atom. The van der Waals surface area contributed by atoms with Crippen molar-refractivity contribution in [2.24, 2.45) is 29.6 Å². The highest BCUT2D eigenvalue weighted by Gasteiger charge is 2.25. The van der Waals surface area contributed by atoms with E-state index in [4.69, 9.17) is 0 Å².